The molecule has 0 spiro atoms. The number of esters is 1. The minimum Gasteiger partial charge on any atom is -0.469 e. The van der Waals surface area contributed by atoms with E-state index in [1.807, 2.05) is 41.3 Å². The maximum atomic E-state index is 12.9. The first-order valence-electron chi connectivity index (χ1n) is 8.75. The molecule has 1 aliphatic rings. The molecular weight excluding hydrogens is 376 g/mol. The van der Waals surface area contributed by atoms with Crippen LogP contribution in [-0.4, -0.2) is 46.4 Å². The molecular formula is C20H18N4O3S. The lowest BCUT2D eigenvalue weighted by Gasteiger charge is -2.33. The Hall–Kier alpha value is -3.13. The molecule has 1 amide bonds. The van der Waals surface area contributed by atoms with Gasteiger partial charge in [0.05, 0.1) is 18.6 Å². The number of methoxy groups -OCH3 is 1. The summed E-state index contributed by atoms with van der Waals surface area (Å²) in [5, 5.41) is 1.30. The Morgan fingerprint density at radius 1 is 1.25 bits per heavy atom. The van der Waals surface area contributed by atoms with Crippen LogP contribution in [0.15, 0.2) is 59.9 Å². The average molecular weight is 394 g/mol. The number of hydrogen-bond acceptors (Lipinski definition) is 5. The van der Waals surface area contributed by atoms with Crippen LogP contribution in [0, 0.1) is 5.92 Å². The molecule has 0 bridgehead atoms. The molecule has 0 radical (unpaired) electrons. The first-order chi connectivity index (χ1) is 13.7. The number of para-hydroxylation sites is 1. The number of fused-ring (bicyclic) bond motifs is 1. The van der Waals surface area contributed by atoms with E-state index in [9.17, 15) is 9.59 Å². The van der Waals surface area contributed by atoms with Crippen molar-refractivity contribution in [3.8, 4) is 0 Å². The van der Waals surface area contributed by atoms with Gasteiger partial charge in [0.25, 0.3) is 5.91 Å². The molecule has 1 saturated heterocycles. The van der Waals surface area contributed by atoms with Crippen molar-refractivity contribution in [1.82, 2.24) is 9.97 Å². The van der Waals surface area contributed by atoms with Crippen LogP contribution in [-0.2, 0) is 9.53 Å². The van der Waals surface area contributed by atoms with Crippen molar-refractivity contribution in [2.75, 3.05) is 24.3 Å². The molecule has 4 rings (SSSR count). The highest BCUT2D eigenvalue weighted by Crippen LogP contribution is 2.29. The highest BCUT2D eigenvalue weighted by molar-refractivity contribution is 8.14. The summed E-state index contributed by atoms with van der Waals surface area (Å²) < 4.78 is 4.90. The fraction of sp³-hybridized carbons (Fsp3) is 0.200. The lowest BCUT2D eigenvalue weighted by atomic mass is 10.1. The fourth-order valence-corrected chi connectivity index (χ4v) is 4.18. The van der Waals surface area contributed by atoms with Crippen LogP contribution in [0.5, 0.6) is 0 Å². The van der Waals surface area contributed by atoms with Crippen molar-refractivity contribution in [2.45, 2.75) is 0 Å². The number of nitrogens with one attached hydrogen (secondary N) is 1. The molecule has 8 heteroatoms. The van der Waals surface area contributed by atoms with Gasteiger partial charge in [-0.15, -0.1) is 0 Å². The number of ether oxygens (including phenoxy) is 1. The summed E-state index contributed by atoms with van der Waals surface area (Å²) in [6.07, 6.45) is 3.29. The number of rotatable bonds is 3. The van der Waals surface area contributed by atoms with Gasteiger partial charge in [0.1, 0.15) is 5.65 Å². The summed E-state index contributed by atoms with van der Waals surface area (Å²) in [6.45, 7) is 0.408. The summed E-state index contributed by atoms with van der Waals surface area (Å²) in [5.41, 5.74) is 1.99. The van der Waals surface area contributed by atoms with Gasteiger partial charge < -0.3 is 14.6 Å². The molecule has 7 nitrogen and oxygen atoms in total. The van der Waals surface area contributed by atoms with Gasteiger partial charge in [-0.1, -0.05) is 30.0 Å². The highest BCUT2D eigenvalue weighted by Gasteiger charge is 2.32. The molecule has 142 valence electrons. The molecule has 0 aliphatic carbocycles. The van der Waals surface area contributed by atoms with Gasteiger partial charge in [-0.25, -0.2) is 4.98 Å². The predicted molar refractivity (Wildman–Crippen MR) is 110 cm³/mol. The number of pyridine rings is 1. The highest BCUT2D eigenvalue weighted by atomic mass is 32.2. The van der Waals surface area contributed by atoms with Crippen LogP contribution in [0.1, 0.15) is 10.4 Å². The summed E-state index contributed by atoms with van der Waals surface area (Å²) in [4.78, 5) is 38.4. The van der Waals surface area contributed by atoms with E-state index in [0.29, 0.717) is 28.7 Å². The number of aliphatic imine (C=N–C) groups is 1. The maximum absolute atomic E-state index is 12.9. The largest absolute Gasteiger partial charge is 0.469 e. The van der Waals surface area contributed by atoms with E-state index in [-0.39, 0.29) is 17.8 Å². The van der Waals surface area contributed by atoms with Gasteiger partial charge in [0.15, 0.2) is 5.17 Å². The summed E-state index contributed by atoms with van der Waals surface area (Å²) in [7, 11) is 1.39. The Bertz CT molecular complexity index is 1050. The Morgan fingerprint density at radius 2 is 2.07 bits per heavy atom. The summed E-state index contributed by atoms with van der Waals surface area (Å²) >= 11 is 1.38. The van der Waals surface area contributed by atoms with Crippen LogP contribution in [0.4, 0.5) is 5.69 Å². The Balaban J connectivity index is 1.68. The van der Waals surface area contributed by atoms with E-state index in [4.69, 9.17) is 4.74 Å². The second-order valence-electron chi connectivity index (χ2n) is 6.28. The Labute approximate surface area is 165 Å². The smallest absolute Gasteiger partial charge is 0.311 e. The standard InChI is InChI=1S/C20H18N4O3S/c1-27-19(26)13-11-24(14-6-3-2-4-7-14)20(28-12-13)23-18(25)16-10-22-17-15(16)8-5-9-21-17/h2-10,13H,11-12H2,1H3,(H,21,22). The Kier molecular flexibility index (Phi) is 5.12. The van der Waals surface area contributed by atoms with Crippen LogP contribution < -0.4 is 4.90 Å². The summed E-state index contributed by atoms with van der Waals surface area (Å²) in [6, 6.07) is 13.2. The molecule has 1 N–H and O–H groups in total. The van der Waals surface area contributed by atoms with Gasteiger partial charge >= 0.3 is 5.97 Å². The van der Waals surface area contributed by atoms with Crippen molar-refractivity contribution < 1.29 is 14.3 Å². The molecule has 1 unspecified atom stereocenters. The molecule has 1 aliphatic heterocycles. The lowest BCUT2D eigenvalue weighted by Crippen LogP contribution is -2.43. The number of carbonyl (C=O) groups excluding carboxylic acids is 2. The van der Waals surface area contributed by atoms with Crippen molar-refractivity contribution in [3.63, 3.8) is 0 Å². The van der Waals surface area contributed by atoms with Gasteiger partial charge in [-0.05, 0) is 24.3 Å². The zero-order valence-electron chi connectivity index (χ0n) is 15.2. The van der Waals surface area contributed by atoms with Crippen molar-refractivity contribution in [3.05, 3.63) is 60.4 Å². The number of hydrogen-bond donors (Lipinski definition) is 1. The quantitative estimate of drug-likeness (QED) is 0.687. The first-order valence-corrected chi connectivity index (χ1v) is 9.74. The van der Waals surface area contributed by atoms with Gasteiger partial charge in [-0.2, -0.15) is 4.99 Å². The van der Waals surface area contributed by atoms with Crippen LogP contribution in [0.25, 0.3) is 11.0 Å². The number of carbonyl (C=O) groups is 2. The monoisotopic (exact) mass is 394 g/mol. The topological polar surface area (TPSA) is 87.6 Å². The number of thioether (sulfide) groups is 1. The van der Waals surface area contributed by atoms with E-state index in [1.165, 1.54) is 18.9 Å². The lowest BCUT2D eigenvalue weighted by molar-refractivity contribution is -0.144. The molecule has 1 fully saturated rings. The number of amides is 1. The number of nitrogens with zero attached hydrogens (tertiary/aromatic N) is 3. The molecule has 2 aromatic heterocycles. The SMILES string of the molecule is COC(=O)C1CSC(=NC(=O)c2c[nH]c3ncccc23)N(c2ccccc2)C1. The second-order valence-corrected chi connectivity index (χ2v) is 7.27. The van der Waals surface area contributed by atoms with E-state index < -0.39 is 0 Å². The number of benzene rings is 1. The second kappa shape index (κ2) is 7.85. The third kappa shape index (κ3) is 3.50. The number of anilines is 1. The van der Waals surface area contributed by atoms with Crippen LogP contribution in [0.2, 0.25) is 0 Å². The van der Waals surface area contributed by atoms with E-state index in [2.05, 4.69) is 15.0 Å². The number of aromatic nitrogens is 2. The fourth-order valence-electron chi connectivity index (χ4n) is 3.11. The van der Waals surface area contributed by atoms with E-state index in [0.717, 1.165) is 11.1 Å². The number of amidine groups is 1. The molecule has 3 heterocycles. The van der Waals surface area contributed by atoms with E-state index >= 15 is 0 Å². The van der Waals surface area contributed by atoms with Gasteiger partial charge in [0, 0.05) is 35.8 Å². The average Bonchev–Trinajstić information content (AvgIpc) is 3.18. The number of H-pyrrole nitrogens is 1. The molecule has 1 aromatic carbocycles. The Morgan fingerprint density at radius 3 is 2.86 bits per heavy atom. The maximum Gasteiger partial charge on any atom is 0.311 e. The van der Waals surface area contributed by atoms with Crippen LogP contribution in [0.3, 0.4) is 0 Å². The van der Waals surface area contributed by atoms with Crippen molar-refractivity contribution in [1.29, 1.82) is 0 Å². The van der Waals surface area contributed by atoms with Crippen molar-refractivity contribution >= 4 is 45.5 Å². The predicted octanol–water partition coefficient (Wildman–Crippen LogP) is 3.10. The molecule has 3 aromatic rings. The third-order valence-electron chi connectivity index (χ3n) is 4.53. The first kappa shape index (κ1) is 18.2. The van der Waals surface area contributed by atoms with Crippen molar-refractivity contribution in [2.24, 2.45) is 10.9 Å². The normalized spacial score (nSPS) is 18.4. The minimum atomic E-state index is -0.348. The third-order valence-corrected chi connectivity index (χ3v) is 5.67. The molecule has 0 saturated carbocycles. The van der Waals surface area contributed by atoms with Gasteiger partial charge in [-0.3, -0.25) is 9.59 Å². The summed E-state index contributed by atoms with van der Waals surface area (Å²) in [5.74, 6) is -0.389. The number of aromatic amines is 1. The van der Waals surface area contributed by atoms with Crippen LogP contribution >= 0.6 is 11.8 Å². The van der Waals surface area contributed by atoms with E-state index in [1.54, 1.807) is 18.5 Å². The minimum absolute atomic E-state index is 0.262. The zero-order valence-corrected chi connectivity index (χ0v) is 16.0. The molecule has 28 heavy (non-hydrogen) atoms. The zero-order chi connectivity index (χ0) is 19.5. The van der Waals surface area contributed by atoms with Gasteiger partial charge in [0.2, 0.25) is 0 Å². The molecule has 1 atom stereocenters.